The number of halogens is 2. The number of hydrogen-bond acceptors (Lipinski definition) is 2. The highest BCUT2D eigenvalue weighted by molar-refractivity contribution is 5.91. The average molecular weight is 254 g/mol. The Balaban J connectivity index is 1.98. The fraction of sp³-hybridized carbons (Fsp3) is 0.462. The molecule has 1 fully saturated rings. The summed E-state index contributed by atoms with van der Waals surface area (Å²) in [6.07, 6.45) is 3.84. The van der Waals surface area contributed by atoms with Gasteiger partial charge in [-0.3, -0.25) is 4.79 Å². The van der Waals surface area contributed by atoms with Crippen LogP contribution in [0.25, 0.3) is 0 Å². The minimum absolute atomic E-state index is 0.0111. The van der Waals surface area contributed by atoms with E-state index >= 15 is 0 Å². The van der Waals surface area contributed by atoms with Gasteiger partial charge < -0.3 is 11.1 Å². The second-order valence-corrected chi connectivity index (χ2v) is 4.92. The fourth-order valence-electron chi connectivity index (χ4n) is 2.36. The maximum absolute atomic E-state index is 13.3. The van der Waals surface area contributed by atoms with Crippen molar-refractivity contribution < 1.29 is 13.6 Å². The minimum Gasteiger partial charge on any atom is -0.325 e. The van der Waals surface area contributed by atoms with Crippen LogP contribution >= 0.6 is 0 Å². The highest BCUT2D eigenvalue weighted by Gasteiger charge is 2.31. The fourth-order valence-corrected chi connectivity index (χ4v) is 2.36. The van der Waals surface area contributed by atoms with Crippen LogP contribution in [0, 0.1) is 11.6 Å². The van der Waals surface area contributed by atoms with Gasteiger partial charge in [-0.15, -0.1) is 0 Å². The number of anilines is 1. The molecule has 3 N–H and O–H groups in total. The SMILES string of the molecule is NC1(CC(=O)Nc2ccc(F)cc2F)CCCC1. The van der Waals surface area contributed by atoms with Crippen LogP contribution in [0.5, 0.6) is 0 Å². The van der Waals surface area contributed by atoms with Crippen LogP contribution in [0.15, 0.2) is 18.2 Å². The van der Waals surface area contributed by atoms with Crippen molar-refractivity contribution >= 4 is 11.6 Å². The number of carbonyl (C=O) groups excluding carboxylic acids is 1. The van der Waals surface area contributed by atoms with Gasteiger partial charge >= 0.3 is 0 Å². The monoisotopic (exact) mass is 254 g/mol. The van der Waals surface area contributed by atoms with Crippen LogP contribution in [0.3, 0.4) is 0 Å². The van der Waals surface area contributed by atoms with Crippen LogP contribution < -0.4 is 11.1 Å². The second kappa shape index (κ2) is 5.02. The van der Waals surface area contributed by atoms with E-state index in [1.165, 1.54) is 6.07 Å². The quantitative estimate of drug-likeness (QED) is 0.871. The lowest BCUT2D eigenvalue weighted by Crippen LogP contribution is -2.40. The van der Waals surface area contributed by atoms with Crippen molar-refractivity contribution in [3.05, 3.63) is 29.8 Å². The molecule has 0 spiro atoms. The van der Waals surface area contributed by atoms with Gasteiger partial charge in [-0.2, -0.15) is 0 Å². The van der Waals surface area contributed by atoms with E-state index in [9.17, 15) is 13.6 Å². The molecule has 0 aromatic heterocycles. The molecule has 3 nitrogen and oxygen atoms in total. The zero-order valence-electron chi connectivity index (χ0n) is 10.0. The van der Waals surface area contributed by atoms with Crippen molar-refractivity contribution in [2.24, 2.45) is 5.73 Å². The third kappa shape index (κ3) is 3.04. The predicted molar refractivity (Wildman–Crippen MR) is 65.0 cm³/mol. The van der Waals surface area contributed by atoms with Gasteiger partial charge in [0.1, 0.15) is 11.6 Å². The van der Waals surface area contributed by atoms with Crippen LogP contribution in [0.1, 0.15) is 32.1 Å². The van der Waals surface area contributed by atoms with Gasteiger partial charge in [0.15, 0.2) is 0 Å². The molecule has 1 saturated carbocycles. The standard InChI is InChI=1S/C13H16F2N2O/c14-9-3-4-11(10(15)7-9)17-12(18)8-13(16)5-1-2-6-13/h3-4,7H,1-2,5-6,8,16H2,(H,17,18). The van der Waals surface area contributed by atoms with Crippen LogP contribution in [-0.2, 0) is 4.79 Å². The molecule has 0 bridgehead atoms. The van der Waals surface area contributed by atoms with Gasteiger partial charge in [0.2, 0.25) is 5.91 Å². The van der Waals surface area contributed by atoms with Gasteiger partial charge in [0.25, 0.3) is 0 Å². The Morgan fingerprint density at radius 1 is 1.33 bits per heavy atom. The van der Waals surface area contributed by atoms with Crippen molar-refractivity contribution in [2.75, 3.05) is 5.32 Å². The summed E-state index contributed by atoms with van der Waals surface area (Å²) >= 11 is 0. The third-order valence-corrected chi connectivity index (χ3v) is 3.32. The Kier molecular flexibility index (Phi) is 3.61. The van der Waals surface area contributed by atoms with E-state index in [-0.39, 0.29) is 18.0 Å². The molecule has 0 atom stereocenters. The Morgan fingerprint density at radius 2 is 2.00 bits per heavy atom. The van der Waals surface area contributed by atoms with Crippen LogP contribution in [-0.4, -0.2) is 11.4 Å². The van der Waals surface area contributed by atoms with E-state index in [0.29, 0.717) is 0 Å². The second-order valence-electron chi connectivity index (χ2n) is 4.92. The molecular weight excluding hydrogens is 238 g/mol. The zero-order valence-corrected chi connectivity index (χ0v) is 10.0. The Morgan fingerprint density at radius 3 is 2.61 bits per heavy atom. The summed E-state index contributed by atoms with van der Waals surface area (Å²) < 4.78 is 26.0. The molecule has 98 valence electrons. The molecule has 1 aliphatic rings. The lowest BCUT2D eigenvalue weighted by atomic mass is 9.94. The lowest BCUT2D eigenvalue weighted by molar-refractivity contribution is -0.117. The van der Waals surface area contributed by atoms with Crippen molar-refractivity contribution in [1.29, 1.82) is 0 Å². The number of amides is 1. The van der Waals surface area contributed by atoms with Gasteiger partial charge in [-0.25, -0.2) is 8.78 Å². The van der Waals surface area contributed by atoms with Gasteiger partial charge in [-0.05, 0) is 25.0 Å². The number of nitrogens with one attached hydrogen (secondary N) is 1. The summed E-state index contributed by atoms with van der Waals surface area (Å²) in [5.74, 6) is -1.78. The summed E-state index contributed by atoms with van der Waals surface area (Å²) in [4.78, 5) is 11.8. The number of nitrogens with two attached hydrogens (primary N) is 1. The molecule has 1 aromatic rings. The van der Waals surface area contributed by atoms with Crippen molar-refractivity contribution in [1.82, 2.24) is 0 Å². The van der Waals surface area contributed by atoms with E-state index in [1.807, 2.05) is 0 Å². The van der Waals surface area contributed by atoms with Crippen molar-refractivity contribution in [2.45, 2.75) is 37.6 Å². The molecule has 5 heteroatoms. The number of benzene rings is 1. The van der Waals surface area contributed by atoms with Crippen molar-refractivity contribution in [3.8, 4) is 0 Å². The van der Waals surface area contributed by atoms with E-state index in [4.69, 9.17) is 5.73 Å². The lowest BCUT2D eigenvalue weighted by Gasteiger charge is -2.22. The summed E-state index contributed by atoms with van der Waals surface area (Å²) in [5, 5.41) is 2.43. The van der Waals surface area contributed by atoms with Crippen LogP contribution in [0.2, 0.25) is 0 Å². The summed E-state index contributed by atoms with van der Waals surface area (Å²) in [7, 11) is 0. The molecule has 0 radical (unpaired) electrons. The molecule has 0 saturated heterocycles. The summed E-state index contributed by atoms with van der Waals surface area (Å²) in [5.41, 5.74) is 5.58. The average Bonchev–Trinajstić information content (AvgIpc) is 2.69. The maximum atomic E-state index is 13.3. The van der Waals surface area contributed by atoms with Crippen molar-refractivity contribution in [3.63, 3.8) is 0 Å². The zero-order chi connectivity index (χ0) is 13.2. The summed E-state index contributed by atoms with van der Waals surface area (Å²) in [6.45, 7) is 0. The first-order valence-electron chi connectivity index (χ1n) is 6.02. The van der Waals surface area contributed by atoms with E-state index < -0.39 is 17.2 Å². The first-order valence-corrected chi connectivity index (χ1v) is 6.02. The number of carbonyl (C=O) groups is 1. The Hall–Kier alpha value is -1.49. The Labute approximate surface area is 104 Å². The minimum atomic E-state index is -0.777. The smallest absolute Gasteiger partial charge is 0.226 e. The molecule has 0 heterocycles. The van der Waals surface area contributed by atoms with Gasteiger partial charge in [-0.1, -0.05) is 12.8 Å². The number of rotatable bonds is 3. The first-order chi connectivity index (χ1) is 8.48. The molecule has 18 heavy (non-hydrogen) atoms. The molecule has 1 aliphatic carbocycles. The highest BCUT2D eigenvalue weighted by Crippen LogP contribution is 2.30. The molecule has 1 aromatic carbocycles. The van der Waals surface area contributed by atoms with Crippen LogP contribution in [0.4, 0.5) is 14.5 Å². The molecule has 0 unspecified atom stereocenters. The maximum Gasteiger partial charge on any atom is 0.226 e. The molecule has 2 rings (SSSR count). The highest BCUT2D eigenvalue weighted by atomic mass is 19.1. The topological polar surface area (TPSA) is 55.1 Å². The van der Waals surface area contributed by atoms with E-state index in [1.54, 1.807) is 0 Å². The predicted octanol–water partition coefficient (Wildman–Crippen LogP) is 2.56. The number of hydrogen-bond donors (Lipinski definition) is 2. The molecular formula is C13H16F2N2O. The first kappa shape index (κ1) is 13.0. The molecule has 1 amide bonds. The summed E-state index contributed by atoms with van der Waals surface area (Å²) in [6, 6.07) is 3.05. The van der Waals surface area contributed by atoms with E-state index in [2.05, 4.69) is 5.32 Å². The normalized spacial score (nSPS) is 17.7. The largest absolute Gasteiger partial charge is 0.325 e. The van der Waals surface area contributed by atoms with Gasteiger partial charge in [0.05, 0.1) is 5.69 Å². The van der Waals surface area contributed by atoms with E-state index in [0.717, 1.165) is 37.8 Å². The molecule has 0 aliphatic heterocycles. The van der Waals surface area contributed by atoms with Gasteiger partial charge in [0, 0.05) is 18.0 Å². The Bertz CT molecular complexity index is 456. The third-order valence-electron chi connectivity index (χ3n) is 3.32.